The molecule has 0 saturated heterocycles. The summed E-state index contributed by atoms with van der Waals surface area (Å²) in [5.41, 5.74) is 1.39. The van der Waals surface area contributed by atoms with E-state index in [9.17, 15) is 4.79 Å². The number of aldehydes is 1. The Bertz CT molecular complexity index is 528. The molecule has 0 aliphatic carbocycles. The van der Waals surface area contributed by atoms with Crippen molar-refractivity contribution in [2.24, 2.45) is 0 Å². The predicted molar refractivity (Wildman–Crippen MR) is 64.3 cm³/mol. The van der Waals surface area contributed by atoms with E-state index in [0.717, 1.165) is 29.9 Å². The van der Waals surface area contributed by atoms with Gasteiger partial charge in [0.25, 0.3) is 0 Å². The van der Waals surface area contributed by atoms with Gasteiger partial charge in [0.1, 0.15) is 17.3 Å². The number of hydrogen-bond donors (Lipinski definition) is 0. The summed E-state index contributed by atoms with van der Waals surface area (Å²) in [5.74, 6) is 1.95. The van der Waals surface area contributed by atoms with Crippen LogP contribution in [-0.2, 0) is 6.42 Å². The number of aryl methyl sites for hydroxylation is 1. The molecule has 0 N–H and O–H groups in total. The van der Waals surface area contributed by atoms with Crippen LogP contribution in [0.25, 0.3) is 5.52 Å². The number of pyridine rings is 1. The third-order valence-electron chi connectivity index (χ3n) is 2.63. The molecule has 0 atom stereocenters. The first-order valence-electron chi connectivity index (χ1n) is 5.32. The van der Waals surface area contributed by atoms with Gasteiger partial charge in [-0.3, -0.25) is 9.20 Å². The lowest BCUT2D eigenvalue weighted by molar-refractivity contribution is 0.112. The number of imidazole rings is 1. The summed E-state index contributed by atoms with van der Waals surface area (Å²) < 4.78 is 2.03. The summed E-state index contributed by atoms with van der Waals surface area (Å²) in [7, 11) is 3.96. The Balaban J connectivity index is 2.84. The zero-order valence-corrected chi connectivity index (χ0v) is 9.77. The van der Waals surface area contributed by atoms with E-state index in [1.165, 1.54) is 0 Å². The van der Waals surface area contributed by atoms with Gasteiger partial charge in [0, 0.05) is 20.5 Å². The summed E-state index contributed by atoms with van der Waals surface area (Å²) in [6.07, 6.45) is 1.62. The molecule has 0 saturated carbocycles. The van der Waals surface area contributed by atoms with E-state index >= 15 is 0 Å². The van der Waals surface area contributed by atoms with E-state index in [-0.39, 0.29) is 0 Å². The zero-order chi connectivity index (χ0) is 11.7. The van der Waals surface area contributed by atoms with Gasteiger partial charge < -0.3 is 4.90 Å². The van der Waals surface area contributed by atoms with Crippen LogP contribution in [0.2, 0.25) is 0 Å². The summed E-state index contributed by atoms with van der Waals surface area (Å²) in [6, 6.07) is 5.88. The fourth-order valence-electron chi connectivity index (χ4n) is 1.89. The monoisotopic (exact) mass is 217 g/mol. The molecule has 0 aliphatic heterocycles. The van der Waals surface area contributed by atoms with Crippen LogP contribution in [0, 0.1) is 0 Å². The van der Waals surface area contributed by atoms with Crippen LogP contribution >= 0.6 is 0 Å². The van der Waals surface area contributed by atoms with Gasteiger partial charge in [-0.25, -0.2) is 4.98 Å². The summed E-state index contributed by atoms with van der Waals surface area (Å²) >= 11 is 0. The maximum Gasteiger partial charge on any atom is 0.170 e. The Hall–Kier alpha value is -1.84. The molecule has 0 spiro atoms. The van der Waals surface area contributed by atoms with Crippen molar-refractivity contribution in [1.29, 1.82) is 0 Å². The van der Waals surface area contributed by atoms with Gasteiger partial charge in [-0.15, -0.1) is 0 Å². The maximum atomic E-state index is 10.9. The number of nitrogens with zero attached hydrogens (tertiary/aromatic N) is 3. The molecular weight excluding hydrogens is 202 g/mol. The van der Waals surface area contributed by atoms with Crippen LogP contribution < -0.4 is 4.90 Å². The average Bonchev–Trinajstić information content (AvgIpc) is 2.66. The van der Waals surface area contributed by atoms with E-state index in [4.69, 9.17) is 0 Å². The number of carbonyl (C=O) groups excluding carboxylic acids is 1. The number of aromatic nitrogens is 2. The number of rotatable bonds is 3. The van der Waals surface area contributed by atoms with Crippen LogP contribution in [0.4, 0.5) is 5.82 Å². The van der Waals surface area contributed by atoms with Gasteiger partial charge in [0.2, 0.25) is 0 Å². The molecule has 0 unspecified atom stereocenters. The molecule has 0 radical (unpaired) electrons. The molecule has 0 bridgehead atoms. The lowest BCUT2D eigenvalue weighted by Gasteiger charge is -2.15. The predicted octanol–water partition coefficient (Wildman–Crippen LogP) is 1.78. The highest BCUT2D eigenvalue weighted by Gasteiger charge is 2.12. The van der Waals surface area contributed by atoms with E-state index in [1.807, 2.05) is 48.5 Å². The van der Waals surface area contributed by atoms with Crippen molar-refractivity contribution in [2.45, 2.75) is 13.3 Å². The number of hydrogen-bond acceptors (Lipinski definition) is 3. The Labute approximate surface area is 94.5 Å². The fraction of sp³-hybridized carbons (Fsp3) is 0.333. The highest BCUT2D eigenvalue weighted by Crippen LogP contribution is 2.20. The van der Waals surface area contributed by atoms with Crippen LogP contribution in [0.3, 0.4) is 0 Å². The minimum atomic E-state index is 0.514. The summed E-state index contributed by atoms with van der Waals surface area (Å²) in [6.45, 7) is 2.04. The molecular formula is C12H15N3O. The van der Waals surface area contributed by atoms with Gasteiger partial charge in [-0.05, 0) is 12.1 Å². The van der Waals surface area contributed by atoms with Crippen LogP contribution in [0.1, 0.15) is 23.2 Å². The normalized spacial score (nSPS) is 10.7. The van der Waals surface area contributed by atoms with Crippen LogP contribution in [0.5, 0.6) is 0 Å². The van der Waals surface area contributed by atoms with Crippen molar-refractivity contribution in [2.75, 3.05) is 19.0 Å². The SMILES string of the molecule is CCc1nc(C=O)c2cccc(N(C)C)n12. The van der Waals surface area contributed by atoms with Gasteiger partial charge in [-0.2, -0.15) is 0 Å². The largest absolute Gasteiger partial charge is 0.364 e. The lowest BCUT2D eigenvalue weighted by Crippen LogP contribution is -2.13. The highest BCUT2D eigenvalue weighted by atomic mass is 16.1. The highest BCUT2D eigenvalue weighted by molar-refractivity contribution is 5.84. The van der Waals surface area contributed by atoms with Gasteiger partial charge >= 0.3 is 0 Å². The Morgan fingerprint density at radius 2 is 2.19 bits per heavy atom. The minimum Gasteiger partial charge on any atom is -0.364 e. The Kier molecular flexibility index (Phi) is 2.64. The topological polar surface area (TPSA) is 37.6 Å². The minimum absolute atomic E-state index is 0.514. The lowest BCUT2D eigenvalue weighted by atomic mass is 10.3. The molecule has 2 aromatic heterocycles. The van der Waals surface area contributed by atoms with Crippen molar-refractivity contribution < 1.29 is 4.79 Å². The van der Waals surface area contributed by atoms with E-state index in [2.05, 4.69) is 4.98 Å². The first-order valence-corrected chi connectivity index (χ1v) is 5.32. The van der Waals surface area contributed by atoms with Crippen molar-refractivity contribution in [3.05, 3.63) is 29.7 Å². The molecule has 0 fully saturated rings. The zero-order valence-electron chi connectivity index (χ0n) is 9.77. The van der Waals surface area contributed by atoms with Gasteiger partial charge in [0.15, 0.2) is 6.29 Å². The van der Waals surface area contributed by atoms with E-state index < -0.39 is 0 Å². The molecule has 0 aromatic carbocycles. The third-order valence-corrected chi connectivity index (χ3v) is 2.63. The van der Waals surface area contributed by atoms with Gasteiger partial charge in [0.05, 0.1) is 5.52 Å². The molecule has 0 aliphatic rings. The summed E-state index contributed by atoms with van der Waals surface area (Å²) in [5, 5.41) is 0. The second kappa shape index (κ2) is 3.96. The standard InChI is InChI=1S/C12H15N3O/c1-4-11-13-9(8-16)10-6-5-7-12(14(2)3)15(10)11/h5-8H,4H2,1-3H3. The number of fused-ring (bicyclic) bond motifs is 1. The summed E-state index contributed by atoms with van der Waals surface area (Å²) in [4.78, 5) is 17.3. The smallest absolute Gasteiger partial charge is 0.170 e. The maximum absolute atomic E-state index is 10.9. The molecule has 2 aromatic rings. The molecule has 2 rings (SSSR count). The van der Waals surface area contributed by atoms with Crippen molar-refractivity contribution in [3.63, 3.8) is 0 Å². The molecule has 84 valence electrons. The fourth-order valence-corrected chi connectivity index (χ4v) is 1.89. The van der Waals surface area contributed by atoms with Crippen molar-refractivity contribution in [1.82, 2.24) is 9.38 Å². The molecule has 16 heavy (non-hydrogen) atoms. The average molecular weight is 217 g/mol. The Morgan fingerprint density at radius 3 is 2.75 bits per heavy atom. The number of carbonyl (C=O) groups is 1. The molecule has 2 heterocycles. The van der Waals surface area contributed by atoms with Gasteiger partial charge in [-0.1, -0.05) is 13.0 Å². The number of anilines is 1. The van der Waals surface area contributed by atoms with Crippen LogP contribution in [-0.4, -0.2) is 29.8 Å². The molecule has 0 amide bonds. The first-order chi connectivity index (χ1) is 7.69. The van der Waals surface area contributed by atoms with Crippen molar-refractivity contribution in [3.8, 4) is 0 Å². The Morgan fingerprint density at radius 1 is 1.44 bits per heavy atom. The molecule has 4 heteroatoms. The van der Waals surface area contributed by atoms with E-state index in [1.54, 1.807) is 0 Å². The third kappa shape index (κ3) is 1.46. The quantitative estimate of drug-likeness (QED) is 0.735. The van der Waals surface area contributed by atoms with E-state index in [0.29, 0.717) is 5.69 Å². The second-order valence-electron chi connectivity index (χ2n) is 3.88. The van der Waals surface area contributed by atoms with Crippen LogP contribution in [0.15, 0.2) is 18.2 Å². The molecule has 4 nitrogen and oxygen atoms in total. The van der Waals surface area contributed by atoms with Crippen molar-refractivity contribution >= 4 is 17.6 Å². The first kappa shape index (κ1) is 10.7. The second-order valence-corrected chi connectivity index (χ2v) is 3.88.